The standard InChI is InChI=1S/C28H58.I2/c1-16(2)18(5)20(7)22(9)24(11)26(13)28(15)27(14)25(12)23(10)21(8)19(6)17(3)4;1-2/h16-28H,1-15H3;. The first-order chi connectivity index (χ1) is 13.7. The summed E-state index contributed by atoms with van der Waals surface area (Å²) in [6, 6.07) is 0. The van der Waals surface area contributed by atoms with Crippen LogP contribution in [0.1, 0.15) is 104 Å². The molecule has 2 heteroatoms. The highest BCUT2D eigenvalue weighted by Gasteiger charge is 2.35. The first-order valence-corrected chi connectivity index (χ1v) is 19.1. The lowest BCUT2D eigenvalue weighted by molar-refractivity contribution is 0.0660. The second-order valence-corrected chi connectivity index (χ2v) is 11.9. The minimum absolute atomic E-state index is 0.776. The molecule has 10 unspecified atom stereocenters. The lowest BCUT2D eigenvalue weighted by atomic mass is 9.63. The predicted octanol–water partition coefficient (Wildman–Crippen LogP) is 11.1. The van der Waals surface area contributed by atoms with Gasteiger partial charge in [-0.3, -0.25) is 0 Å². The second-order valence-electron chi connectivity index (χ2n) is 11.9. The summed E-state index contributed by atoms with van der Waals surface area (Å²) >= 11 is 4.24. The molecule has 0 aromatic carbocycles. The predicted molar refractivity (Wildman–Crippen MR) is 159 cm³/mol. The fraction of sp³-hybridized carbons (Fsp3) is 1.00. The third-order valence-corrected chi connectivity index (χ3v) is 10.4. The third-order valence-electron chi connectivity index (χ3n) is 10.4. The van der Waals surface area contributed by atoms with E-state index in [1.807, 2.05) is 0 Å². The van der Waals surface area contributed by atoms with Crippen LogP contribution in [0.15, 0.2) is 0 Å². The van der Waals surface area contributed by atoms with Crippen molar-refractivity contribution in [2.75, 3.05) is 0 Å². The van der Waals surface area contributed by atoms with E-state index >= 15 is 0 Å². The van der Waals surface area contributed by atoms with Crippen LogP contribution in [-0.2, 0) is 0 Å². The lowest BCUT2D eigenvalue weighted by Crippen LogP contribution is -2.36. The van der Waals surface area contributed by atoms with Crippen LogP contribution < -0.4 is 0 Å². The zero-order chi connectivity index (χ0) is 24.5. The van der Waals surface area contributed by atoms with Crippen LogP contribution in [0.4, 0.5) is 0 Å². The molecule has 184 valence electrons. The minimum Gasteiger partial charge on any atom is -0.0625 e. The van der Waals surface area contributed by atoms with E-state index in [4.69, 9.17) is 0 Å². The van der Waals surface area contributed by atoms with Crippen LogP contribution in [0, 0.1) is 76.9 Å². The number of hydrogen-bond acceptors (Lipinski definition) is 0. The van der Waals surface area contributed by atoms with Crippen molar-refractivity contribution in [3.8, 4) is 0 Å². The average molecular weight is 649 g/mol. The average Bonchev–Trinajstić information content (AvgIpc) is 2.74. The Hall–Kier alpha value is 1.46. The highest BCUT2D eigenvalue weighted by molar-refractivity contribution is 15.0. The summed E-state index contributed by atoms with van der Waals surface area (Å²) < 4.78 is 0. The van der Waals surface area contributed by atoms with Gasteiger partial charge in [-0.1, -0.05) is 104 Å². The first kappa shape index (κ1) is 33.6. The second kappa shape index (κ2) is 16.1. The van der Waals surface area contributed by atoms with Gasteiger partial charge in [0.2, 0.25) is 0 Å². The molecular formula is C28H58I2. The topological polar surface area (TPSA) is 0 Å². The molecule has 0 bridgehead atoms. The Morgan fingerprint density at radius 1 is 0.233 bits per heavy atom. The largest absolute Gasteiger partial charge is 0.0625 e. The van der Waals surface area contributed by atoms with Gasteiger partial charge in [0, 0.05) is 37.2 Å². The lowest BCUT2D eigenvalue weighted by Gasteiger charge is -2.42. The minimum atomic E-state index is 0.776. The van der Waals surface area contributed by atoms with Gasteiger partial charge >= 0.3 is 0 Å². The molecule has 0 aliphatic rings. The number of halogens is 2. The van der Waals surface area contributed by atoms with E-state index in [0.717, 1.165) is 76.9 Å². The molecule has 0 saturated heterocycles. The summed E-state index contributed by atoms with van der Waals surface area (Å²) in [6.45, 7) is 37.1. The summed E-state index contributed by atoms with van der Waals surface area (Å²) in [5.41, 5.74) is 0. The van der Waals surface area contributed by atoms with Crippen molar-refractivity contribution in [1.82, 2.24) is 0 Å². The van der Waals surface area contributed by atoms with E-state index in [9.17, 15) is 0 Å². The maximum absolute atomic E-state index is 2.54. The van der Waals surface area contributed by atoms with Crippen molar-refractivity contribution in [1.29, 1.82) is 0 Å². The molecule has 0 N–H and O–H groups in total. The molecule has 0 amide bonds. The first-order valence-electron chi connectivity index (χ1n) is 12.8. The van der Waals surface area contributed by atoms with Gasteiger partial charge in [-0.2, -0.15) is 0 Å². The number of hydrogen-bond donors (Lipinski definition) is 0. The Balaban J connectivity index is 0. The highest BCUT2D eigenvalue weighted by atomic mass is 128. The molecule has 0 radical (unpaired) electrons. The van der Waals surface area contributed by atoms with E-state index < -0.39 is 0 Å². The summed E-state index contributed by atoms with van der Waals surface area (Å²) in [5.74, 6) is 10.2. The molecule has 0 fully saturated rings. The Labute approximate surface area is 216 Å². The fourth-order valence-electron chi connectivity index (χ4n) is 5.52. The van der Waals surface area contributed by atoms with Crippen molar-refractivity contribution in [2.45, 2.75) is 104 Å². The molecule has 0 saturated carbocycles. The fourth-order valence-corrected chi connectivity index (χ4v) is 5.52. The van der Waals surface area contributed by atoms with E-state index in [-0.39, 0.29) is 0 Å². The summed E-state index contributed by atoms with van der Waals surface area (Å²) in [4.78, 5) is 0. The Morgan fingerprint density at radius 2 is 0.333 bits per heavy atom. The highest BCUT2D eigenvalue weighted by Crippen LogP contribution is 2.42. The molecule has 0 heterocycles. The molecule has 0 aromatic heterocycles. The normalized spacial score (nSPS) is 23.3. The summed E-state index contributed by atoms with van der Waals surface area (Å²) in [7, 11) is 0. The van der Waals surface area contributed by atoms with Crippen molar-refractivity contribution in [3.05, 3.63) is 0 Å². The van der Waals surface area contributed by atoms with Crippen LogP contribution in [0.2, 0.25) is 0 Å². The zero-order valence-electron chi connectivity index (χ0n) is 23.3. The molecule has 0 nitrogen and oxygen atoms in total. The molecule has 30 heavy (non-hydrogen) atoms. The molecule has 0 aliphatic carbocycles. The van der Waals surface area contributed by atoms with Gasteiger partial charge in [-0.25, -0.2) is 0 Å². The van der Waals surface area contributed by atoms with Gasteiger partial charge in [-0.05, 0) is 76.9 Å². The van der Waals surface area contributed by atoms with Gasteiger partial charge < -0.3 is 0 Å². The van der Waals surface area contributed by atoms with E-state index in [0.29, 0.717) is 0 Å². The van der Waals surface area contributed by atoms with E-state index in [1.54, 1.807) is 0 Å². The Kier molecular flexibility index (Phi) is 18.1. The smallest absolute Gasteiger partial charge is 0 e. The van der Waals surface area contributed by atoms with Gasteiger partial charge in [0.1, 0.15) is 0 Å². The van der Waals surface area contributed by atoms with Gasteiger partial charge in [0.15, 0.2) is 0 Å². The van der Waals surface area contributed by atoms with E-state index in [2.05, 4.69) is 141 Å². The molecular weight excluding hydrogens is 590 g/mol. The zero-order valence-corrected chi connectivity index (χ0v) is 27.6. The van der Waals surface area contributed by atoms with Gasteiger partial charge in [0.05, 0.1) is 0 Å². The van der Waals surface area contributed by atoms with Crippen LogP contribution in [0.25, 0.3) is 0 Å². The van der Waals surface area contributed by atoms with E-state index in [1.165, 1.54) is 0 Å². The summed E-state index contributed by atoms with van der Waals surface area (Å²) in [5, 5.41) is 0. The maximum Gasteiger partial charge on any atom is 0 e. The van der Waals surface area contributed by atoms with Crippen LogP contribution in [0.5, 0.6) is 0 Å². The van der Waals surface area contributed by atoms with Gasteiger partial charge in [-0.15, -0.1) is 0 Å². The van der Waals surface area contributed by atoms with Crippen molar-refractivity contribution >= 4 is 37.2 Å². The summed E-state index contributed by atoms with van der Waals surface area (Å²) in [6.07, 6.45) is 0. The molecule has 0 aliphatic heterocycles. The number of rotatable bonds is 12. The van der Waals surface area contributed by atoms with Crippen molar-refractivity contribution in [3.63, 3.8) is 0 Å². The molecule has 0 spiro atoms. The molecule has 0 aromatic rings. The monoisotopic (exact) mass is 648 g/mol. The van der Waals surface area contributed by atoms with Crippen LogP contribution >= 0.6 is 37.2 Å². The van der Waals surface area contributed by atoms with Gasteiger partial charge in [0.25, 0.3) is 0 Å². The van der Waals surface area contributed by atoms with Crippen LogP contribution in [-0.4, -0.2) is 0 Å². The third kappa shape index (κ3) is 9.75. The Bertz CT molecular complexity index is 381. The quantitative estimate of drug-likeness (QED) is 0.185. The maximum atomic E-state index is 2.54. The molecule has 0 rings (SSSR count). The SMILES string of the molecule is CC(C)C(C)C(C)C(C)C(C)C(C)C(C)C(C)C(C)C(C)C(C)C(C)C(C)C.II. The molecule has 10 atom stereocenters. The van der Waals surface area contributed by atoms with Crippen LogP contribution in [0.3, 0.4) is 0 Å². The van der Waals surface area contributed by atoms with Crippen molar-refractivity contribution < 1.29 is 0 Å². The Morgan fingerprint density at radius 3 is 0.433 bits per heavy atom. The van der Waals surface area contributed by atoms with Crippen molar-refractivity contribution in [2.24, 2.45) is 76.9 Å².